The molecule has 0 atom stereocenters. The predicted molar refractivity (Wildman–Crippen MR) is 121 cm³/mol. The number of ether oxygens (including phenoxy) is 2. The van der Waals surface area contributed by atoms with Crippen LogP contribution in [0.2, 0.25) is 0 Å². The number of nitrogens with zero attached hydrogens (tertiary/aromatic N) is 1. The van der Waals surface area contributed by atoms with Crippen LogP contribution in [0.5, 0.6) is 0 Å². The van der Waals surface area contributed by atoms with Gasteiger partial charge >= 0.3 is 0 Å². The molecule has 0 saturated carbocycles. The van der Waals surface area contributed by atoms with Crippen molar-refractivity contribution in [1.29, 1.82) is 0 Å². The number of carbonyl (C=O) groups excluding carboxylic acids is 3. The molecule has 1 aromatic carbocycles. The van der Waals surface area contributed by atoms with E-state index in [1.807, 2.05) is 40.9 Å². The van der Waals surface area contributed by atoms with Gasteiger partial charge in [-0.1, -0.05) is 24.3 Å². The molecule has 0 bridgehead atoms. The SMILES string of the molecule is COC1=C(OC)C(=O)C(Cc2cccc(CCCC(=O)N3CCSCC3)c2)=C(C)C1=O. The summed E-state index contributed by atoms with van der Waals surface area (Å²) >= 11 is 1.90. The van der Waals surface area contributed by atoms with Gasteiger partial charge in [0.25, 0.3) is 0 Å². The monoisotopic (exact) mass is 443 g/mol. The van der Waals surface area contributed by atoms with Gasteiger partial charge in [-0.25, -0.2) is 0 Å². The Bertz CT molecular complexity index is 928. The number of benzene rings is 1. The standard InChI is InChI=1S/C24H29NO5S/c1-16-19(22(28)24(30-3)23(29-2)21(16)27)15-18-8-4-6-17(14-18)7-5-9-20(26)25-10-12-31-13-11-25/h4,6,8,14H,5,7,9-13,15H2,1-3H3. The zero-order valence-corrected chi connectivity index (χ0v) is 19.2. The summed E-state index contributed by atoms with van der Waals surface area (Å²) in [5.74, 6) is 1.56. The van der Waals surface area contributed by atoms with Gasteiger partial charge < -0.3 is 14.4 Å². The summed E-state index contributed by atoms with van der Waals surface area (Å²) in [5.41, 5.74) is 2.88. The summed E-state index contributed by atoms with van der Waals surface area (Å²) in [6.45, 7) is 3.35. The molecule has 0 N–H and O–H groups in total. The first kappa shape index (κ1) is 23.1. The third-order valence-electron chi connectivity index (χ3n) is 5.69. The number of hydrogen-bond acceptors (Lipinski definition) is 6. The first-order valence-electron chi connectivity index (χ1n) is 10.5. The minimum absolute atomic E-state index is 0.0422. The number of carbonyl (C=O) groups is 3. The van der Waals surface area contributed by atoms with Gasteiger partial charge in [0.15, 0.2) is 0 Å². The lowest BCUT2D eigenvalue weighted by Crippen LogP contribution is -2.37. The van der Waals surface area contributed by atoms with Crippen LogP contribution in [0.4, 0.5) is 0 Å². The molecule has 1 saturated heterocycles. The van der Waals surface area contributed by atoms with Gasteiger partial charge in [-0.3, -0.25) is 14.4 Å². The van der Waals surface area contributed by atoms with Crippen LogP contribution < -0.4 is 0 Å². The van der Waals surface area contributed by atoms with Crippen LogP contribution in [-0.2, 0) is 36.7 Å². The van der Waals surface area contributed by atoms with E-state index < -0.39 is 0 Å². The van der Waals surface area contributed by atoms with E-state index in [4.69, 9.17) is 9.47 Å². The number of rotatable bonds is 8. The highest BCUT2D eigenvalue weighted by Crippen LogP contribution is 2.28. The average Bonchev–Trinajstić information content (AvgIpc) is 2.79. The van der Waals surface area contributed by atoms with Gasteiger partial charge in [-0.05, 0) is 30.9 Å². The number of methoxy groups -OCH3 is 2. The van der Waals surface area contributed by atoms with Crippen molar-refractivity contribution in [2.75, 3.05) is 38.8 Å². The lowest BCUT2D eigenvalue weighted by Gasteiger charge is -2.26. The van der Waals surface area contributed by atoms with Crippen LogP contribution in [0.25, 0.3) is 0 Å². The van der Waals surface area contributed by atoms with Crippen LogP contribution in [0.15, 0.2) is 46.9 Å². The molecule has 166 valence electrons. The molecule has 1 amide bonds. The molecule has 3 rings (SSSR count). The summed E-state index contributed by atoms with van der Waals surface area (Å²) in [5, 5.41) is 0. The predicted octanol–water partition coefficient (Wildman–Crippen LogP) is 3.10. The summed E-state index contributed by atoms with van der Waals surface area (Å²) in [7, 11) is 2.72. The van der Waals surface area contributed by atoms with Gasteiger partial charge in [-0.15, -0.1) is 0 Å². The molecule has 1 aliphatic heterocycles. The summed E-state index contributed by atoms with van der Waals surface area (Å²) < 4.78 is 10.2. The number of aryl methyl sites for hydroxylation is 1. The molecule has 7 heteroatoms. The quantitative estimate of drug-likeness (QED) is 0.575. The summed E-state index contributed by atoms with van der Waals surface area (Å²) in [4.78, 5) is 39.7. The number of Topliss-reactive ketones (excluding diaryl/α,β-unsaturated/α-hetero) is 2. The van der Waals surface area contributed by atoms with Gasteiger partial charge in [0.1, 0.15) is 0 Å². The molecule has 0 aromatic heterocycles. The van der Waals surface area contributed by atoms with Crippen LogP contribution in [0.1, 0.15) is 30.9 Å². The van der Waals surface area contributed by atoms with Gasteiger partial charge in [0.05, 0.1) is 14.2 Å². The maximum absolute atomic E-state index is 12.9. The van der Waals surface area contributed by atoms with E-state index in [2.05, 4.69) is 0 Å². The number of amides is 1. The molecule has 31 heavy (non-hydrogen) atoms. The molecular weight excluding hydrogens is 414 g/mol. The van der Waals surface area contributed by atoms with E-state index in [0.717, 1.165) is 48.6 Å². The molecule has 6 nitrogen and oxygen atoms in total. The fraction of sp³-hybridized carbons (Fsp3) is 0.458. The van der Waals surface area contributed by atoms with Crippen molar-refractivity contribution in [3.8, 4) is 0 Å². The van der Waals surface area contributed by atoms with Crippen LogP contribution in [0, 0.1) is 0 Å². The molecule has 1 aliphatic carbocycles. The van der Waals surface area contributed by atoms with Crippen molar-refractivity contribution in [2.45, 2.75) is 32.6 Å². The van der Waals surface area contributed by atoms with E-state index >= 15 is 0 Å². The topological polar surface area (TPSA) is 72.9 Å². The van der Waals surface area contributed by atoms with Crippen molar-refractivity contribution in [3.05, 3.63) is 58.1 Å². The highest BCUT2D eigenvalue weighted by molar-refractivity contribution is 7.99. The Hall–Kier alpha value is -2.54. The van der Waals surface area contributed by atoms with E-state index in [1.54, 1.807) is 6.92 Å². The smallest absolute Gasteiger partial charge is 0.228 e. The molecule has 1 heterocycles. The normalized spacial score (nSPS) is 17.3. The maximum Gasteiger partial charge on any atom is 0.228 e. The van der Waals surface area contributed by atoms with Crippen molar-refractivity contribution in [2.24, 2.45) is 0 Å². The lowest BCUT2D eigenvalue weighted by molar-refractivity contribution is -0.130. The fourth-order valence-electron chi connectivity index (χ4n) is 3.92. The third-order valence-corrected chi connectivity index (χ3v) is 6.63. The molecule has 0 spiro atoms. The van der Waals surface area contributed by atoms with E-state index in [-0.39, 0.29) is 29.0 Å². The number of hydrogen-bond donors (Lipinski definition) is 0. The number of thioether (sulfide) groups is 1. The number of ketones is 2. The number of allylic oxidation sites excluding steroid dienone is 2. The Labute approximate surface area is 187 Å². The molecule has 0 unspecified atom stereocenters. The van der Waals surface area contributed by atoms with Crippen LogP contribution >= 0.6 is 11.8 Å². The highest BCUT2D eigenvalue weighted by Gasteiger charge is 2.34. The second kappa shape index (κ2) is 10.7. The minimum Gasteiger partial charge on any atom is -0.489 e. The third kappa shape index (κ3) is 5.39. The largest absolute Gasteiger partial charge is 0.489 e. The van der Waals surface area contributed by atoms with E-state index in [9.17, 15) is 14.4 Å². The highest BCUT2D eigenvalue weighted by atomic mass is 32.2. The minimum atomic E-state index is -0.320. The van der Waals surface area contributed by atoms with Crippen molar-refractivity contribution in [3.63, 3.8) is 0 Å². The average molecular weight is 444 g/mol. The Kier molecular flexibility index (Phi) is 7.96. The Morgan fingerprint density at radius 1 is 1.03 bits per heavy atom. The zero-order valence-electron chi connectivity index (χ0n) is 18.4. The Balaban J connectivity index is 1.64. The van der Waals surface area contributed by atoms with Crippen LogP contribution in [0.3, 0.4) is 0 Å². The fourth-order valence-corrected chi connectivity index (χ4v) is 4.82. The van der Waals surface area contributed by atoms with Gasteiger partial charge in [-0.2, -0.15) is 11.8 Å². The summed E-state index contributed by atoms with van der Waals surface area (Å²) in [6.07, 6.45) is 2.48. The maximum atomic E-state index is 12.9. The molecule has 2 aliphatic rings. The zero-order chi connectivity index (χ0) is 22.4. The van der Waals surface area contributed by atoms with Gasteiger partial charge in [0, 0.05) is 48.6 Å². The molecular formula is C24H29NO5S. The van der Waals surface area contributed by atoms with Gasteiger partial charge in [0.2, 0.25) is 29.0 Å². The first-order chi connectivity index (χ1) is 15.0. The lowest BCUT2D eigenvalue weighted by atomic mass is 9.88. The van der Waals surface area contributed by atoms with E-state index in [0.29, 0.717) is 24.0 Å². The molecule has 1 aromatic rings. The first-order valence-corrected chi connectivity index (χ1v) is 11.7. The Morgan fingerprint density at radius 3 is 2.35 bits per heavy atom. The van der Waals surface area contributed by atoms with Crippen molar-refractivity contribution < 1.29 is 23.9 Å². The second-order valence-corrected chi connectivity index (χ2v) is 8.90. The van der Waals surface area contributed by atoms with Crippen molar-refractivity contribution >= 4 is 29.2 Å². The van der Waals surface area contributed by atoms with Crippen molar-refractivity contribution in [1.82, 2.24) is 4.90 Å². The van der Waals surface area contributed by atoms with Crippen LogP contribution in [-0.4, -0.2) is 61.2 Å². The molecule has 0 radical (unpaired) electrons. The molecule has 1 fully saturated rings. The summed E-state index contributed by atoms with van der Waals surface area (Å²) in [6, 6.07) is 7.97. The van der Waals surface area contributed by atoms with E-state index in [1.165, 1.54) is 14.2 Å². The Morgan fingerprint density at radius 2 is 1.68 bits per heavy atom. The second-order valence-electron chi connectivity index (χ2n) is 7.67.